The molecule has 0 amide bonds. The van der Waals surface area contributed by atoms with Gasteiger partial charge < -0.3 is 14.8 Å². The quantitative estimate of drug-likeness (QED) is 0.783. The standard InChI is InChI=1S/C17H23NO3/c1-2-8-18-16-11-20-10-15(16)17(19)12-4-3-5-14(9-12)21-13-6-7-13/h3-5,9,13,15-16,18H,2,6-8,10-11H2,1H3. The Bertz CT molecular complexity index is 499. The largest absolute Gasteiger partial charge is 0.490 e. The average Bonchev–Trinajstić information content (AvgIpc) is 3.19. The third kappa shape index (κ3) is 3.63. The van der Waals surface area contributed by atoms with Gasteiger partial charge in [0.15, 0.2) is 5.78 Å². The van der Waals surface area contributed by atoms with Crippen molar-refractivity contribution in [3.63, 3.8) is 0 Å². The highest BCUT2D eigenvalue weighted by Crippen LogP contribution is 2.28. The molecule has 1 aliphatic heterocycles. The Hall–Kier alpha value is -1.39. The summed E-state index contributed by atoms with van der Waals surface area (Å²) in [5.41, 5.74) is 0.729. The molecule has 2 atom stereocenters. The average molecular weight is 289 g/mol. The van der Waals surface area contributed by atoms with Gasteiger partial charge in [-0.15, -0.1) is 0 Å². The van der Waals surface area contributed by atoms with E-state index in [1.807, 2.05) is 24.3 Å². The van der Waals surface area contributed by atoms with Gasteiger partial charge in [-0.1, -0.05) is 19.1 Å². The molecule has 1 aliphatic carbocycles. The lowest BCUT2D eigenvalue weighted by Crippen LogP contribution is -2.39. The van der Waals surface area contributed by atoms with Gasteiger partial charge in [0, 0.05) is 11.6 Å². The van der Waals surface area contributed by atoms with Crippen molar-refractivity contribution in [3.05, 3.63) is 29.8 Å². The first-order chi connectivity index (χ1) is 10.3. The van der Waals surface area contributed by atoms with Gasteiger partial charge in [0.1, 0.15) is 5.75 Å². The Morgan fingerprint density at radius 2 is 2.24 bits per heavy atom. The second-order valence-corrected chi connectivity index (χ2v) is 5.91. The van der Waals surface area contributed by atoms with E-state index in [1.54, 1.807) is 0 Å². The summed E-state index contributed by atoms with van der Waals surface area (Å²) in [5.74, 6) is 0.871. The Labute approximate surface area is 125 Å². The molecule has 0 bridgehead atoms. The van der Waals surface area contributed by atoms with E-state index in [0.29, 0.717) is 19.3 Å². The zero-order chi connectivity index (χ0) is 14.7. The van der Waals surface area contributed by atoms with Crippen molar-refractivity contribution in [2.24, 2.45) is 5.92 Å². The number of hydrogen-bond acceptors (Lipinski definition) is 4. The van der Waals surface area contributed by atoms with Crippen LogP contribution in [0.2, 0.25) is 0 Å². The van der Waals surface area contributed by atoms with E-state index < -0.39 is 0 Å². The van der Waals surface area contributed by atoms with E-state index >= 15 is 0 Å². The number of Topliss-reactive ketones (excluding diaryl/α,β-unsaturated/α-hetero) is 1. The molecule has 1 N–H and O–H groups in total. The second-order valence-electron chi connectivity index (χ2n) is 5.91. The monoisotopic (exact) mass is 289 g/mol. The van der Waals surface area contributed by atoms with Gasteiger partial charge in [0.05, 0.1) is 25.2 Å². The lowest BCUT2D eigenvalue weighted by atomic mass is 9.93. The van der Waals surface area contributed by atoms with Crippen molar-refractivity contribution in [3.8, 4) is 5.75 Å². The van der Waals surface area contributed by atoms with Crippen LogP contribution in [0.4, 0.5) is 0 Å². The summed E-state index contributed by atoms with van der Waals surface area (Å²) in [4.78, 5) is 12.7. The SMILES string of the molecule is CCCNC1COCC1C(=O)c1cccc(OC2CC2)c1. The van der Waals surface area contributed by atoms with Crippen LogP contribution in [0.15, 0.2) is 24.3 Å². The number of hydrogen-bond donors (Lipinski definition) is 1. The van der Waals surface area contributed by atoms with Crippen LogP contribution >= 0.6 is 0 Å². The zero-order valence-electron chi connectivity index (χ0n) is 12.5. The molecule has 2 fully saturated rings. The van der Waals surface area contributed by atoms with Gasteiger partial charge in [-0.3, -0.25) is 4.79 Å². The second kappa shape index (κ2) is 6.58. The van der Waals surface area contributed by atoms with Crippen LogP contribution in [0, 0.1) is 5.92 Å². The van der Waals surface area contributed by atoms with E-state index in [2.05, 4.69) is 12.2 Å². The number of ketones is 1. The summed E-state index contributed by atoms with van der Waals surface area (Å²) < 4.78 is 11.3. The minimum atomic E-state index is -0.0901. The third-order valence-corrected chi connectivity index (χ3v) is 4.02. The maximum absolute atomic E-state index is 12.7. The van der Waals surface area contributed by atoms with Crippen molar-refractivity contribution >= 4 is 5.78 Å². The van der Waals surface area contributed by atoms with Gasteiger partial charge >= 0.3 is 0 Å². The molecule has 114 valence electrons. The maximum Gasteiger partial charge on any atom is 0.170 e. The van der Waals surface area contributed by atoms with Crippen molar-refractivity contribution in [1.82, 2.24) is 5.32 Å². The molecule has 0 spiro atoms. The van der Waals surface area contributed by atoms with Crippen LogP contribution in [-0.4, -0.2) is 37.7 Å². The number of benzene rings is 1. The summed E-state index contributed by atoms with van der Waals surface area (Å²) in [5, 5.41) is 3.41. The lowest BCUT2D eigenvalue weighted by Gasteiger charge is -2.18. The Kier molecular flexibility index (Phi) is 4.56. The normalized spacial score (nSPS) is 25.0. The molecule has 21 heavy (non-hydrogen) atoms. The molecule has 1 saturated carbocycles. The topological polar surface area (TPSA) is 47.6 Å². The highest BCUT2D eigenvalue weighted by atomic mass is 16.5. The smallest absolute Gasteiger partial charge is 0.170 e. The van der Waals surface area contributed by atoms with Crippen LogP contribution in [0.25, 0.3) is 0 Å². The van der Waals surface area contributed by atoms with E-state index in [9.17, 15) is 4.79 Å². The highest BCUT2D eigenvalue weighted by Gasteiger charge is 2.34. The molecule has 1 aromatic rings. The Morgan fingerprint density at radius 1 is 1.38 bits per heavy atom. The highest BCUT2D eigenvalue weighted by molar-refractivity contribution is 5.98. The van der Waals surface area contributed by atoms with Gasteiger partial charge in [0.25, 0.3) is 0 Å². The number of carbonyl (C=O) groups is 1. The minimum absolute atomic E-state index is 0.0901. The van der Waals surface area contributed by atoms with Crippen LogP contribution in [0.1, 0.15) is 36.5 Å². The van der Waals surface area contributed by atoms with Crippen molar-refractivity contribution < 1.29 is 14.3 Å². The Balaban J connectivity index is 1.68. The molecule has 1 heterocycles. The van der Waals surface area contributed by atoms with Crippen LogP contribution < -0.4 is 10.1 Å². The van der Waals surface area contributed by atoms with Crippen molar-refractivity contribution in [1.29, 1.82) is 0 Å². The molecule has 0 radical (unpaired) electrons. The summed E-state index contributed by atoms with van der Waals surface area (Å²) in [6, 6.07) is 7.69. The minimum Gasteiger partial charge on any atom is -0.490 e. The fourth-order valence-corrected chi connectivity index (χ4v) is 2.66. The summed E-state index contributed by atoms with van der Waals surface area (Å²) in [6.45, 7) is 4.17. The number of rotatable bonds is 7. The molecule has 1 saturated heterocycles. The molecular formula is C17H23NO3. The summed E-state index contributed by atoms with van der Waals surface area (Å²) in [7, 11) is 0. The first kappa shape index (κ1) is 14.5. The summed E-state index contributed by atoms with van der Waals surface area (Å²) >= 11 is 0. The first-order valence-corrected chi connectivity index (χ1v) is 7.90. The van der Waals surface area contributed by atoms with Crippen LogP contribution in [0.3, 0.4) is 0 Å². The third-order valence-electron chi connectivity index (χ3n) is 4.02. The zero-order valence-corrected chi connectivity index (χ0v) is 12.5. The molecule has 3 rings (SSSR count). The molecule has 2 unspecified atom stereocenters. The van der Waals surface area contributed by atoms with E-state index in [4.69, 9.17) is 9.47 Å². The fourth-order valence-electron chi connectivity index (χ4n) is 2.66. The van der Waals surface area contributed by atoms with Gasteiger partial charge in [-0.25, -0.2) is 0 Å². The molecule has 0 aromatic heterocycles. The number of carbonyl (C=O) groups excluding carboxylic acids is 1. The van der Waals surface area contributed by atoms with Gasteiger partial charge in [-0.05, 0) is 37.9 Å². The number of ether oxygens (including phenoxy) is 2. The predicted octanol–water partition coefficient (Wildman–Crippen LogP) is 2.43. The fraction of sp³-hybridized carbons (Fsp3) is 0.588. The molecular weight excluding hydrogens is 266 g/mol. The first-order valence-electron chi connectivity index (χ1n) is 7.90. The van der Waals surface area contributed by atoms with Crippen LogP contribution in [-0.2, 0) is 4.74 Å². The molecule has 4 nitrogen and oxygen atoms in total. The summed E-state index contributed by atoms with van der Waals surface area (Å²) in [6.07, 6.45) is 3.65. The van der Waals surface area contributed by atoms with E-state index in [0.717, 1.165) is 37.1 Å². The van der Waals surface area contributed by atoms with E-state index in [1.165, 1.54) is 0 Å². The lowest BCUT2D eigenvalue weighted by molar-refractivity contribution is 0.0891. The van der Waals surface area contributed by atoms with Gasteiger partial charge in [0.2, 0.25) is 0 Å². The Morgan fingerprint density at radius 3 is 3.00 bits per heavy atom. The van der Waals surface area contributed by atoms with Crippen LogP contribution in [0.5, 0.6) is 5.75 Å². The molecule has 1 aromatic carbocycles. The molecule has 2 aliphatic rings. The van der Waals surface area contributed by atoms with Crippen molar-refractivity contribution in [2.45, 2.75) is 38.3 Å². The van der Waals surface area contributed by atoms with Crippen molar-refractivity contribution in [2.75, 3.05) is 19.8 Å². The number of nitrogens with one attached hydrogen (secondary N) is 1. The van der Waals surface area contributed by atoms with Gasteiger partial charge in [-0.2, -0.15) is 0 Å². The van der Waals surface area contributed by atoms with E-state index in [-0.39, 0.29) is 17.7 Å². The predicted molar refractivity (Wildman–Crippen MR) is 80.8 cm³/mol. The maximum atomic E-state index is 12.7. The molecule has 4 heteroatoms.